The molecule has 1 saturated heterocycles. The van der Waals surface area contributed by atoms with Crippen molar-refractivity contribution >= 4 is 74.7 Å². The number of hydrogen-bond donors (Lipinski definition) is 3. The molecule has 2 aliphatic heterocycles. The number of carbonyl (C=O) groups is 3. The van der Waals surface area contributed by atoms with Crippen LogP contribution in [0.1, 0.15) is 10.6 Å². The van der Waals surface area contributed by atoms with Gasteiger partial charge >= 0.3 is 0 Å². The number of thiophene rings is 1. The van der Waals surface area contributed by atoms with Gasteiger partial charge in [0, 0.05) is 11.3 Å². The Balaban J connectivity index is 1.54. The maximum atomic E-state index is 12.7. The lowest BCUT2D eigenvalue weighted by Crippen LogP contribution is -2.70. The molecule has 2 aromatic heterocycles. The number of nitrogens with two attached hydrogens (primary N) is 1. The molecule has 0 spiro atoms. The zero-order valence-electron chi connectivity index (χ0n) is 13.6. The number of nitrogens with zero attached hydrogens (tertiary/aromatic N) is 3. The molecule has 3 N–H and O–H groups in total. The lowest BCUT2D eigenvalue weighted by Gasteiger charge is -2.49. The SMILES string of the molecule is Nc1nnc(C2=C(C(=O)S)N3C(=O)[C@@H](NC(=O)Cc4ccsc4)[C@H]3SC2)s1. The van der Waals surface area contributed by atoms with Gasteiger partial charge in [-0.15, -0.1) is 22.0 Å². The van der Waals surface area contributed by atoms with Gasteiger partial charge in [0.1, 0.15) is 22.1 Å². The van der Waals surface area contributed by atoms with Crippen LogP contribution < -0.4 is 11.1 Å². The highest BCUT2D eigenvalue weighted by atomic mass is 32.2. The Hall–Kier alpha value is -1.89. The Labute approximate surface area is 171 Å². The van der Waals surface area contributed by atoms with Crippen LogP contribution in [0.2, 0.25) is 0 Å². The first kappa shape index (κ1) is 18.5. The highest BCUT2D eigenvalue weighted by molar-refractivity contribution is 8.00. The van der Waals surface area contributed by atoms with Gasteiger partial charge in [-0.3, -0.25) is 19.3 Å². The van der Waals surface area contributed by atoms with Crippen molar-refractivity contribution in [3.05, 3.63) is 33.1 Å². The fourth-order valence-corrected chi connectivity index (χ4v) is 5.94. The van der Waals surface area contributed by atoms with E-state index in [-0.39, 0.29) is 34.4 Å². The summed E-state index contributed by atoms with van der Waals surface area (Å²) in [5.74, 6) is -0.114. The van der Waals surface area contributed by atoms with Gasteiger partial charge in [-0.05, 0) is 22.4 Å². The number of nitrogens with one attached hydrogen (secondary N) is 1. The van der Waals surface area contributed by atoms with Crippen molar-refractivity contribution in [2.45, 2.75) is 17.8 Å². The first-order chi connectivity index (χ1) is 13.0. The average Bonchev–Trinajstić information content (AvgIpc) is 3.29. The molecule has 12 heteroatoms. The van der Waals surface area contributed by atoms with Crippen molar-refractivity contribution in [3.8, 4) is 0 Å². The van der Waals surface area contributed by atoms with Crippen LogP contribution in [0.5, 0.6) is 0 Å². The Morgan fingerprint density at radius 1 is 1.41 bits per heavy atom. The molecular formula is C15H13N5O3S4. The molecule has 2 amide bonds. The first-order valence-electron chi connectivity index (χ1n) is 7.76. The Bertz CT molecular complexity index is 955. The summed E-state index contributed by atoms with van der Waals surface area (Å²) in [4.78, 5) is 38.4. The van der Waals surface area contributed by atoms with E-state index in [4.69, 9.17) is 5.73 Å². The van der Waals surface area contributed by atoms with E-state index in [2.05, 4.69) is 28.1 Å². The summed E-state index contributed by atoms with van der Waals surface area (Å²) in [5.41, 5.74) is 7.30. The molecule has 8 nitrogen and oxygen atoms in total. The Morgan fingerprint density at radius 2 is 2.22 bits per heavy atom. The second-order valence-electron chi connectivity index (χ2n) is 5.84. The van der Waals surface area contributed by atoms with E-state index in [1.165, 1.54) is 28.0 Å². The van der Waals surface area contributed by atoms with E-state index in [1.54, 1.807) is 0 Å². The maximum Gasteiger partial charge on any atom is 0.253 e. The highest BCUT2D eigenvalue weighted by Gasteiger charge is 2.54. The Morgan fingerprint density at radius 3 is 2.85 bits per heavy atom. The van der Waals surface area contributed by atoms with E-state index in [0.717, 1.165) is 16.9 Å². The summed E-state index contributed by atoms with van der Waals surface area (Å²) < 4.78 is 0. The second-order valence-corrected chi connectivity index (χ2v) is 9.14. The number of β-lactam (4-membered cyclic amide) rings is 1. The number of aromatic nitrogens is 2. The molecule has 4 heterocycles. The standard InChI is InChI=1S/C15H13N5O3S4/c16-15-19-18-11(27-15)7-5-26-13-9(12(22)20(13)10(7)14(23)24)17-8(21)3-6-1-2-25-4-6/h1-2,4,9,13H,3,5H2,(H2,16,19)(H,17,21)(H,23,24)/t9-,13-/m1/s1. The molecule has 140 valence electrons. The zero-order valence-corrected chi connectivity index (χ0v) is 17.0. The highest BCUT2D eigenvalue weighted by Crippen LogP contribution is 2.44. The molecule has 0 unspecified atom stereocenters. The number of amides is 2. The predicted octanol–water partition coefficient (Wildman–Crippen LogP) is 0.992. The van der Waals surface area contributed by atoms with Crippen molar-refractivity contribution < 1.29 is 14.4 Å². The molecular weight excluding hydrogens is 426 g/mol. The smallest absolute Gasteiger partial charge is 0.253 e. The van der Waals surface area contributed by atoms with Crippen LogP contribution in [0.15, 0.2) is 22.5 Å². The van der Waals surface area contributed by atoms with Crippen LogP contribution in [0.3, 0.4) is 0 Å². The van der Waals surface area contributed by atoms with Crippen LogP contribution in [0.25, 0.3) is 5.57 Å². The number of thioether (sulfide) groups is 1. The Kier molecular flexibility index (Phi) is 4.97. The third-order valence-electron chi connectivity index (χ3n) is 4.13. The van der Waals surface area contributed by atoms with E-state index in [1.807, 2.05) is 16.8 Å². The molecule has 27 heavy (non-hydrogen) atoms. The van der Waals surface area contributed by atoms with Gasteiger partial charge in [0.2, 0.25) is 16.2 Å². The topological polar surface area (TPSA) is 118 Å². The summed E-state index contributed by atoms with van der Waals surface area (Å²) in [5, 5.41) is 14.2. The first-order valence-corrected chi connectivity index (χ1v) is 11.0. The summed E-state index contributed by atoms with van der Waals surface area (Å²) in [6.45, 7) is 0. The number of nitrogen functional groups attached to an aromatic ring is 1. The minimum atomic E-state index is -0.662. The fraction of sp³-hybridized carbons (Fsp3) is 0.267. The monoisotopic (exact) mass is 439 g/mol. The van der Waals surface area contributed by atoms with Gasteiger partial charge in [-0.2, -0.15) is 11.3 Å². The molecule has 0 saturated carbocycles. The van der Waals surface area contributed by atoms with Crippen molar-refractivity contribution in [2.24, 2.45) is 0 Å². The number of carbonyl (C=O) groups excluding carboxylic acids is 3. The largest absolute Gasteiger partial charge is 0.374 e. The third kappa shape index (κ3) is 3.37. The summed E-state index contributed by atoms with van der Waals surface area (Å²) in [6.07, 6.45) is 0.216. The van der Waals surface area contributed by atoms with Crippen molar-refractivity contribution in [2.75, 3.05) is 11.5 Å². The van der Waals surface area contributed by atoms with Crippen LogP contribution >= 0.6 is 47.1 Å². The summed E-state index contributed by atoms with van der Waals surface area (Å²) in [7, 11) is 0. The van der Waals surface area contributed by atoms with Crippen LogP contribution in [0.4, 0.5) is 5.13 Å². The second kappa shape index (κ2) is 7.26. The molecule has 2 atom stereocenters. The molecule has 0 aromatic carbocycles. The normalized spacial score (nSPS) is 21.7. The van der Waals surface area contributed by atoms with Gasteiger partial charge in [-0.1, -0.05) is 24.0 Å². The van der Waals surface area contributed by atoms with Crippen LogP contribution in [-0.4, -0.2) is 49.2 Å². The van der Waals surface area contributed by atoms with E-state index < -0.39 is 11.2 Å². The zero-order chi connectivity index (χ0) is 19.1. The van der Waals surface area contributed by atoms with Crippen molar-refractivity contribution in [3.63, 3.8) is 0 Å². The quantitative estimate of drug-likeness (QED) is 0.470. The maximum absolute atomic E-state index is 12.7. The molecule has 0 radical (unpaired) electrons. The van der Waals surface area contributed by atoms with Gasteiger partial charge in [0.15, 0.2) is 0 Å². The number of thiol groups is 1. The van der Waals surface area contributed by atoms with Gasteiger partial charge in [0.05, 0.1) is 6.42 Å². The number of fused-ring (bicyclic) bond motifs is 1. The third-order valence-corrected chi connectivity index (χ3v) is 7.17. The summed E-state index contributed by atoms with van der Waals surface area (Å²) >= 11 is 8.04. The number of rotatable bonds is 5. The molecule has 2 aromatic rings. The van der Waals surface area contributed by atoms with Gasteiger partial charge in [0.25, 0.3) is 5.91 Å². The van der Waals surface area contributed by atoms with E-state index in [9.17, 15) is 14.4 Å². The fourth-order valence-electron chi connectivity index (χ4n) is 2.94. The lowest BCUT2D eigenvalue weighted by molar-refractivity contribution is -0.146. The lowest BCUT2D eigenvalue weighted by atomic mass is 10.0. The summed E-state index contributed by atoms with van der Waals surface area (Å²) in [6, 6.07) is 1.21. The van der Waals surface area contributed by atoms with Crippen molar-refractivity contribution in [1.29, 1.82) is 0 Å². The molecule has 0 aliphatic carbocycles. The van der Waals surface area contributed by atoms with Gasteiger partial charge < -0.3 is 11.1 Å². The minimum Gasteiger partial charge on any atom is -0.374 e. The van der Waals surface area contributed by atoms with Gasteiger partial charge in [-0.25, -0.2) is 0 Å². The predicted molar refractivity (Wildman–Crippen MR) is 108 cm³/mol. The van der Waals surface area contributed by atoms with E-state index in [0.29, 0.717) is 16.3 Å². The average molecular weight is 440 g/mol. The van der Waals surface area contributed by atoms with Crippen molar-refractivity contribution in [1.82, 2.24) is 20.4 Å². The number of hydrogen-bond acceptors (Lipinski definition) is 9. The molecule has 1 fully saturated rings. The molecule has 0 bridgehead atoms. The van der Waals surface area contributed by atoms with E-state index >= 15 is 0 Å². The minimum absolute atomic E-state index is 0.187. The molecule has 4 rings (SSSR count). The van der Waals surface area contributed by atoms with Crippen LogP contribution in [0, 0.1) is 0 Å². The molecule has 2 aliphatic rings. The van der Waals surface area contributed by atoms with Crippen LogP contribution in [-0.2, 0) is 20.8 Å². The number of anilines is 1.